The molecule has 3 aromatic rings. The summed E-state index contributed by atoms with van der Waals surface area (Å²) in [5.74, 6) is 0.764. The van der Waals surface area contributed by atoms with Gasteiger partial charge in [0.25, 0.3) is 10.0 Å². The van der Waals surface area contributed by atoms with Gasteiger partial charge in [0.1, 0.15) is 5.82 Å². The Morgan fingerprint density at radius 2 is 1.58 bits per heavy atom. The molecule has 124 valence electrons. The van der Waals surface area contributed by atoms with Crippen molar-refractivity contribution in [3.63, 3.8) is 0 Å². The SMILES string of the molecule is Cc1ccc(S(=O)(=O)n2nc(-c3ccccc3)nc2C(C)C)cc1. The second-order valence-corrected chi connectivity index (χ2v) is 7.74. The molecule has 0 radical (unpaired) electrons. The summed E-state index contributed by atoms with van der Waals surface area (Å²) < 4.78 is 27.0. The number of hydrogen-bond donors (Lipinski definition) is 0. The van der Waals surface area contributed by atoms with Crippen LogP contribution in [0.2, 0.25) is 0 Å². The largest absolute Gasteiger partial charge is 0.284 e. The summed E-state index contributed by atoms with van der Waals surface area (Å²) in [5, 5.41) is 4.29. The molecule has 0 unspecified atom stereocenters. The minimum atomic E-state index is -3.78. The lowest BCUT2D eigenvalue weighted by Gasteiger charge is -2.09. The van der Waals surface area contributed by atoms with E-state index >= 15 is 0 Å². The molecule has 0 bridgehead atoms. The highest BCUT2D eigenvalue weighted by Crippen LogP contribution is 2.23. The maximum Gasteiger partial charge on any atom is 0.284 e. The highest BCUT2D eigenvalue weighted by molar-refractivity contribution is 7.89. The smallest absolute Gasteiger partial charge is 0.210 e. The highest BCUT2D eigenvalue weighted by Gasteiger charge is 2.25. The van der Waals surface area contributed by atoms with Gasteiger partial charge < -0.3 is 0 Å². The molecule has 24 heavy (non-hydrogen) atoms. The number of hydrogen-bond acceptors (Lipinski definition) is 4. The van der Waals surface area contributed by atoms with Gasteiger partial charge in [0, 0.05) is 11.5 Å². The van der Waals surface area contributed by atoms with Crippen molar-refractivity contribution in [1.82, 2.24) is 14.2 Å². The van der Waals surface area contributed by atoms with E-state index in [0.717, 1.165) is 15.2 Å². The van der Waals surface area contributed by atoms with Crippen LogP contribution >= 0.6 is 0 Å². The molecule has 2 aromatic carbocycles. The zero-order valence-electron chi connectivity index (χ0n) is 13.8. The number of aryl methyl sites for hydroxylation is 1. The summed E-state index contributed by atoms with van der Waals surface area (Å²) in [6.45, 7) is 5.72. The molecule has 0 atom stereocenters. The van der Waals surface area contributed by atoms with Gasteiger partial charge in [-0.15, -0.1) is 9.19 Å². The molecule has 3 rings (SSSR count). The second-order valence-electron chi connectivity index (χ2n) is 5.98. The Morgan fingerprint density at radius 1 is 0.958 bits per heavy atom. The Labute approximate surface area is 142 Å². The summed E-state index contributed by atoms with van der Waals surface area (Å²) in [6, 6.07) is 16.1. The summed E-state index contributed by atoms with van der Waals surface area (Å²) >= 11 is 0. The van der Waals surface area contributed by atoms with Crippen molar-refractivity contribution in [2.24, 2.45) is 0 Å². The normalized spacial score (nSPS) is 11.8. The first kappa shape index (κ1) is 16.4. The van der Waals surface area contributed by atoms with Crippen LogP contribution in [0.5, 0.6) is 0 Å². The third-order valence-electron chi connectivity index (χ3n) is 3.70. The molecule has 0 spiro atoms. The zero-order valence-corrected chi connectivity index (χ0v) is 14.7. The fourth-order valence-electron chi connectivity index (χ4n) is 2.36. The van der Waals surface area contributed by atoms with Crippen molar-refractivity contribution < 1.29 is 8.42 Å². The van der Waals surface area contributed by atoms with E-state index in [1.54, 1.807) is 24.3 Å². The van der Waals surface area contributed by atoms with Gasteiger partial charge in [-0.05, 0) is 19.1 Å². The lowest BCUT2D eigenvalue weighted by molar-refractivity contribution is 0.572. The maximum atomic E-state index is 13.0. The fourth-order valence-corrected chi connectivity index (χ4v) is 3.72. The lowest BCUT2D eigenvalue weighted by atomic mass is 10.2. The molecule has 0 aliphatic heterocycles. The van der Waals surface area contributed by atoms with Crippen LogP contribution in [0.1, 0.15) is 31.2 Å². The molecule has 0 saturated carbocycles. The Balaban J connectivity index is 2.16. The monoisotopic (exact) mass is 341 g/mol. The molecule has 0 amide bonds. The minimum absolute atomic E-state index is 0.0739. The van der Waals surface area contributed by atoms with Crippen molar-refractivity contribution >= 4 is 10.0 Å². The molecular weight excluding hydrogens is 322 g/mol. The van der Waals surface area contributed by atoms with Crippen molar-refractivity contribution in [2.45, 2.75) is 31.6 Å². The molecule has 5 nitrogen and oxygen atoms in total. The van der Waals surface area contributed by atoms with E-state index in [-0.39, 0.29) is 10.8 Å². The Hall–Kier alpha value is -2.47. The molecule has 0 aliphatic carbocycles. The molecular formula is C18H19N3O2S. The van der Waals surface area contributed by atoms with Crippen LogP contribution in [0.15, 0.2) is 59.5 Å². The van der Waals surface area contributed by atoms with Gasteiger partial charge >= 0.3 is 0 Å². The van der Waals surface area contributed by atoms with Gasteiger partial charge in [0.05, 0.1) is 4.90 Å². The van der Waals surface area contributed by atoms with Crippen LogP contribution in [0.3, 0.4) is 0 Å². The molecule has 1 heterocycles. The fraction of sp³-hybridized carbons (Fsp3) is 0.222. The number of rotatable bonds is 4. The van der Waals surface area contributed by atoms with Crippen molar-refractivity contribution in [2.75, 3.05) is 0 Å². The number of benzene rings is 2. The standard InChI is InChI=1S/C18H19N3O2S/c1-13(2)18-19-17(15-7-5-4-6-8-15)20-21(18)24(22,23)16-11-9-14(3)10-12-16/h4-13H,1-3H3. The number of aromatic nitrogens is 3. The summed E-state index contributed by atoms with van der Waals surface area (Å²) in [5.41, 5.74) is 1.79. The summed E-state index contributed by atoms with van der Waals surface area (Å²) in [4.78, 5) is 4.67. The van der Waals surface area contributed by atoms with Crippen molar-refractivity contribution in [3.05, 3.63) is 66.0 Å². The Kier molecular flexibility index (Phi) is 4.24. The summed E-state index contributed by atoms with van der Waals surface area (Å²) in [7, 11) is -3.78. The second kappa shape index (κ2) is 6.20. The van der Waals surface area contributed by atoms with E-state index in [4.69, 9.17) is 0 Å². The Bertz CT molecular complexity index is 944. The average molecular weight is 341 g/mol. The van der Waals surface area contributed by atoms with Crippen molar-refractivity contribution in [3.8, 4) is 11.4 Å². The minimum Gasteiger partial charge on any atom is -0.210 e. The molecule has 0 N–H and O–H groups in total. The maximum absolute atomic E-state index is 13.0. The van der Waals surface area contributed by atoms with E-state index in [0.29, 0.717) is 11.6 Å². The van der Waals surface area contributed by atoms with Crippen LogP contribution in [-0.2, 0) is 10.0 Å². The van der Waals surface area contributed by atoms with Crippen LogP contribution in [-0.4, -0.2) is 22.6 Å². The van der Waals surface area contributed by atoms with E-state index in [9.17, 15) is 8.42 Å². The first-order valence-corrected chi connectivity index (χ1v) is 9.18. The van der Waals surface area contributed by atoms with Crippen LogP contribution in [0, 0.1) is 6.92 Å². The van der Waals surface area contributed by atoms with Gasteiger partial charge in [-0.1, -0.05) is 61.9 Å². The topological polar surface area (TPSA) is 64.8 Å². The average Bonchev–Trinajstić information content (AvgIpc) is 3.02. The van der Waals surface area contributed by atoms with Crippen LogP contribution in [0.25, 0.3) is 11.4 Å². The van der Waals surface area contributed by atoms with E-state index in [1.165, 1.54) is 0 Å². The highest BCUT2D eigenvalue weighted by atomic mass is 32.2. The van der Waals surface area contributed by atoms with Gasteiger partial charge in [-0.2, -0.15) is 8.42 Å². The quantitative estimate of drug-likeness (QED) is 0.727. The van der Waals surface area contributed by atoms with Crippen LogP contribution < -0.4 is 0 Å². The predicted octanol–water partition coefficient (Wildman–Crippen LogP) is 3.61. The van der Waals surface area contributed by atoms with Crippen molar-refractivity contribution in [1.29, 1.82) is 0 Å². The molecule has 6 heteroatoms. The zero-order chi connectivity index (χ0) is 17.3. The first-order chi connectivity index (χ1) is 11.4. The predicted molar refractivity (Wildman–Crippen MR) is 93.3 cm³/mol. The Morgan fingerprint density at radius 3 is 2.17 bits per heavy atom. The van der Waals surface area contributed by atoms with E-state index in [1.807, 2.05) is 51.1 Å². The third kappa shape index (κ3) is 2.97. The molecule has 0 fully saturated rings. The van der Waals surface area contributed by atoms with Crippen LogP contribution in [0.4, 0.5) is 0 Å². The van der Waals surface area contributed by atoms with E-state index < -0.39 is 10.0 Å². The van der Waals surface area contributed by atoms with Gasteiger partial charge in [0.2, 0.25) is 0 Å². The lowest BCUT2D eigenvalue weighted by Crippen LogP contribution is -2.18. The van der Waals surface area contributed by atoms with E-state index in [2.05, 4.69) is 10.1 Å². The first-order valence-electron chi connectivity index (χ1n) is 7.74. The third-order valence-corrected chi connectivity index (χ3v) is 5.29. The molecule has 1 aromatic heterocycles. The summed E-state index contributed by atoms with van der Waals surface area (Å²) in [6.07, 6.45) is 0. The number of nitrogens with zero attached hydrogens (tertiary/aromatic N) is 3. The van der Waals surface area contributed by atoms with Gasteiger partial charge in [0.15, 0.2) is 5.82 Å². The van der Waals surface area contributed by atoms with Gasteiger partial charge in [-0.25, -0.2) is 4.98 Å². The molecule has 0 saturated heterocycles. The molecule has 0 aliphatic rings. The van der Waals surface area contributed by atoms with Gasteiger partial charge in [-0.3, -0.25) is 0 Å².